The van der Waals surface area contributed by atoms with Gasteiger partial charge in [-0.3, -0.25) is 0 Å². The fraction of sp³-hybridized carbons (Fsp3) is 0.0833. The summed E-state index contributed by atoms with van der Waals surface area (Å²) in [4.78, 5) is 11.8. The van der Waals surface area contributed by atoms with E-state index < -0.39 is 11.7 Å². The van der Waals surface area contributed by atoms with Crippen LogP contribution in [0.25, 0.3) is 17.0 Å². The van der Waals surface area contributed by atoms with E-state index in [2.05, 4.69) is 15.0 Å². The molecule has 3 aromatic carbocycles. The third-order valence-electron chi connectivity index (χ3n) is 5.26. The summed E-state index contributed by atoms with van der Waals surface area (Å²) in [6.07, 6.45) is -2.57. The number of methoxy groups -OCH3 is 1. The van der Waals surface area contributed by atoms with Crippen LogP contribution in [0.1, 0.15) is 16.7 Å². The van der Waals surface area contributed by atoms with Crippen molar-refractivity contribution in [1.29, 1.82) is 0 Å². The summed E-state index contributed by atoms with van der Waals surface area (Å²) in [5.41, 5.74) is 1.77. The zero-order valence-electron chi connectivity index (χ0n) is 16.7. The van der Waals surface area contributed by atoms with Crippen LogP contribution in [0, 0.1) is 0 Å². The highest BCUT2D eigenvalue weighted by molar-refractivity contribution is 6.02. The quantitative estimate of drug-likeness (QED) is 0.500. The third-order valence-corrected chi connectivity index (χ3v) is 5.26. The SMILES string of the molecule is COc1ccc2[nH]c(O)c(/C=c3/ccc4c(c3)N=C(c3ccc(C(F)(F)F)cc3)N=4)c2c1. The second-order valence-electron chi connectivity index (χ2n) is 7.31. The van der Waals surface area contributed by atoms with Crippen LogP contribution in [0.3, 0.4) is 0 Å². The number of rotatable bonds is 3. The number of nitrogens with zero attached hydrogens (tertiary/aromatic N) is 2. The second-order valence-corrected chi connectivity index (χ2v) is 7.31. The molecule has 0 saturated heterocycles. The van der Waals surface area contributed by atoms with Gasteiger partial charge in [-0.25, -0.2) is 9.98 Å². The molecule has 0 amide bonds. The number of hydrogen-bond acceptors (Lipinski definition) is 4. The van der Waals surface area contributed by atoms with E-state index in [0.29, 0.717) is 33.8 Å². The van der Waals surface area contributed by atoms with Crippen molar-refractivity contribution in [2.24, 2.45) is 9.98 Å². The highest BCUT2D eigenvalue weighted by atomic mass is 19.4. The first-order chi connectivity index (χ1) is 15.3. The maximum atomic E-state index is 12.8. The van der Waals surface area contributed by atoms with E-state index >= 15 is 0 Å². The number of ether oxygens (including phenoxy) is 1. The Morgan fingerprint density at radius 2 is 1.75 bits per heavy atom. The topological polar surface area (TPSA) is 70.0 Å². The maximum Gasteiger partial charge on any atom is 0.416 e. The average molecular weight is 435 g/mol. The molecule has 0 radical (unpaired) electrons. The van der Waals surface area contributed by atoms with Gasteiger partial charge in [-0.05, 0) is 53.8 Å². The molecule has 0 fully saturated rings. The summed E-state index contributed by atoms with van der Waals surface area (Å²) in [5, 5.41) is 12.6. The Kier molecular flexibility index (Phi) is 4.51. The first-order valence-electron chi connectivity index (χ1n) is 9.67. The minimum Gasteiger partial charge on any atom is -0.497 e. The van der Waals surface area contributed by atoms with E-state index in [9.17, 15) is 18.3 Å². The molecule has 2 N–H and O–H groups in total. The number of hydrogen-bond donors (Lipinski definition) is 2. The minimum atomic E-state index is -4.39. The first kappa shape index (κ1) is 19.9. The van der Waals surface area contributed by atoms with Crippen molar-refractivity contribution in [3.63, 3.8) is 0 Å². The first-order valence-corrected chi connectivity index (χ1v) is 9.67. The minimum absolute atomic E-state index is 0.0346. The molecule has 0 bridgehead atoms. The van der Waals surface area contributed by atoms with Crippen molar-refractivity contribution in [1.82, 2.24) is 4.98 Å². The fourth-order valence-electron chi connectivity index (χ4n) is 3.62. The van der Waals surface area contributed by atoms with Crippen molar-refractivity contribution >= 4 is 28.5 Å². The molecule has 0 unspecified atom stereocenters. The van der Waals surface area contributed by atoms with Crippen LogP contribution in [-0.2, 0) is 6.18 Å². The van der Waals surface area contributed by atoms with Crippen LogP contribution in [0.2, 0.25) is 0 Å². The maximum absolute atomic E-state index is 12.8. The highest BCUT2D eigenvalue weighted by Gasteiger charge is 2.30. The number of benzene rings is 3. The summed E-state index contributed by atoms with van der Waals surface area (Å²) in [6.45, 7) is 0. The third kappa shape index (κ3) is 3.49. The van der Waals surface area contributed by atoms with Crippen molar-refractivity contribution in [3.8, 4) is 11.6 Å². The van der Waals surface area contributed by atoms with Gasteiger partial charge in [-0.2, -0.15) is 13.2 Å². The lowest BCUT2D eigenvalue weighted by atomic mass is 10.1. The van der Waals surface area contributed by atoms with E-state index in [0.717, 1.165) is 28.3 Å². The number of aromatic amines is 1. The lowest BCUT2D eigenvalue weighted by Crippen LogP contribution is -2.07. The molecule has 5 rings (SSSR count). The molecular formula is C24H16F3N3O2. The second kappa shape index (κ2) is 7.26. The largest absolute Gasteiger partial charge is 0.497 e. The van der Waals surface area contributed by atoms with Gasteiger partial charge in [-0.1, -0.05) is 18.2 Å². The Morgan fingerprint density at radius 1 is 0.969 bits per heavy atom. The van der Waals surface area contributed by atoms with E-state index in [-0.39, 0.29) is 5.88 Å². The predicted octanol–water partition coefficient (Wildman–Crippen LogP) is 4.44. The van der Waals surface area contributed by atoms with Gasteiger partial charge < -0.3 is 14.8 Å². The van der Waals surface area contributed by atoms with Gasteiger partial charge >= 0.3 is 6.18 Å². The number of halogens is 3. The molecule has 2 heterocycles. The van der Waals surface area contributed by atoms with Crippen LogP contribution >= 0.6 is 0 Å². The van der Waals surface area contributed by atoms with Gasteiger partial charge in [0.15, 0.2) is 11.7 Å². The van der Waals surface area contributed by atoms with Crippen molar-refractivity contribution < 1.29 is 23.0 Å². The number of aromatic hydroxyl groups is 1. The van der Waals surface area contributed by atoms with Gasteiger partial charge in [0.2, 0.25) is 0 Å². The molecule has 5 nitrogen and oxygen atoms in total. The molecule has 160 valence electrons. The molecule has 1 aliphatic rings. The van der Waals surface area contributed by atoms with Gasteiger partial charge in [0.25, 0.3) is 0 Å². The summed E-state index contributed by atoms with van der Waals surface area (Å²) in [7, 11) is 1.58. The standard InChI is InChI=1S/C24H16F3N3O2/c1-32-16-7-9-19-17(12-16)18(23(31)30-19)10-13-2-8-20-21(11-13)29-22(28-20)14-3-5-15(6-4-14)24(25,26)27/h2-12,30-31H,1H3/b13-10-. The summed E-state index contributed by atoms with van der Waals surface area (Å²) in [6, 6.07) is 15.7. The molecule has 1 aromatic heterocycles. The Hall–Kier alpha value is -4.07. The Labute approximate surface area is 179 Å². The summed E-state index contributed by atoms with van der Waals surface area (Å²) < 4.78 is 43.7. The molecule has 1 aliphatic heterocycles. The van der Waals surface area contributed by atoms with Gasteiger partial charge in [0.05, 0.1) is 23.7 Å². The van der Waals surface area contributed by atoms with Crippen LogP contribution < -0.4 is 15.3 Å². The van der Waals surface area contributed by atoms with Crippen LogP contribution in [0.15, 0.2) is 70.6 Å². The lowest BCUT2D eigenvalue weighted by Gasteiger charge is -2.06. The van der Waals surface area contributed by atoms with Crippen LogP contribution in [0.4, 0.5) is 18.9 Å². The number of aliphatic imine (C=N–C) groups is 1. The smallest absolute Gasteiger partial charge is 0.416 e. The molecule has 0 spiro atoms. The molecule has 4 aromatic rings. The molecular weight excluding hydrogens is 419 g/mol. The fourth-order valence-corrected chi connectivity index (χ4v) is 3.62. The Morgan fingerprint density at radius 3 is 2.47 bits per heavy atom. The number of aromatic nitrogens is 1. The highest BCUT2D eigenvalue weighted by Crippen LogP contribution is 2.31. The van der Waals surface area contributed by atoms with Crippen LogP contribution in [-0.4, -0.2) is 23.0 Å². The summed E-state index contributed by atoms with van der Waals surface area (Å²) >= 11 is 0. The number of nitrogens with one attached hydrogen (secondary N) is 1. The van der Waals surface area contributed by atoms with Gasteiger partial charge in [0.1, 0.15) is 5.75 Å². The lowest BCUT2D eigenvalue weighted by molar-refractivity contribution is -0.137. The normalized spacial score (nSPS) is 13.8. The number of H-pyrrole nitrogens is 1. The zero-order chi connectivity index (χ0) is 22.5. The Bertz CT molecular complexity index is 1500. The van der Waals surface area contributed by atoms with Crippen LogP contribution in [0.5, 0.6) is 11.6 Å². The van der Waals surface area contributed by atoms with Crippen molar-refractivity contribution in [2.45, 2.75) is 6.18 Å². The Balaban J connectivity index is 1.53. The molecule has 0 saturated carbocycles. The molecule has 0 atom stereocenters. The number of amidine groups is 1. The number of fused-ring (bicyclic) bond motifs is 2. The van der Waals surface area contributed by atoms with Gasteiger partial charge in [-0.15, -0.1) is 0 Å². The van der Waals surface area contributed by atoms with E-state index in [1.54, 1.807) is 19.2 Å². The van der Waals surface area contributed by atoms with Gasteiger partial charge in [0, 0.05) is 22.0 Å². The van der Waals surface area contributed by atoms with E-state index in [4.69, 9.17) is 4.74 Å². The monoisotopic (exact) mass is 435 g/mol. The summed E-state index contributed by atoms with van der Waals surface area (Å²) in [5.74, 6) is 1.06. The molecule has 32 heavy (non-hydrogen) atoms. The molecule has 8 heteroatoms. The van der Waals surface area contributed by atoms with E-state index in [1.165, 1.54) is 12.1 Å². The average Bonchev–Trinajstić information content (AvgIpc) is 3.33. The van der Waals surface area contributed by atoms with Crippen molar-refractivity contribution in [2.75, 3.05) is 7.11 Å². The van der Waals surface area contributed by atoms with Crippen molar-refractivity contribution in [3.05, 3.63) is 87.9 Å². The van der Waals surface area contributed by atoms with E-state index in [1.807, 2.05) is 30.3 Å². The number of alkyl halides is 3. The molecule has 0 aliphatic carbocycles. The predicted molar refractivity (Wildman–Crippen MR) is 115 cm³/mol. The zero-order valence-corrected chi connectivity index (χ0v) is 16.7.